The Balaban J connectivity index is 0.00000385. The normalized spacial score (nSPS) is 16.5. The molecule has 33 heavy (non-hydrogen) atoms. The van der Waals surface area contributed by atoms with Crippen LogP contribution in [0, 0.1) is 19.7 Å². The van der Waals surface area contributed by atoms with Crippen molar-refractivity contribution in [3.8, 4) is 0 Å². The molecule has 2 N–H and O–H groups in total. The second-order valence-electron chi connectivity index (χ2n) is 8.25. The smallest absolute Gasteiger partial charge is 0.191 e. The Labute approximate surface area is 213 Å². The third kappa shape index (κ3) is 8.09. The second-order valence-corrected chi connectivity index (χ2v) is 8.25. The Morgan fingerprint density at radius 3 is 2.85 bits per heavy atom. The van der Waals surface area contributed by atoms with Crippen molar-refractivity contribution in [1.82, 2.24) is 25.4 Å². The SMILES string of the molecule is CCOCCCNC(=NCc1nnc(C)n1C)NC1CCCN(c2cc(C)ccc2F)C1.I. The van der Waals surface area contributed by atoms with Crippen LogP contribution in [0.1, 0.15) is 43.4 Å². The fraction of sp³-hybridized carbons (Fsp3) is 0.609. The minimum atomic E-state index is -0.170. The number of halogens is 2. The van der Waals surface area contributed by atoms with Gasteiger partial charge in [0.05, 0.1) is 5.69 Å². The molecule has 0 bridgehead atoms. The molecule has 1 fully saturated rings. The van der Waals surface area contributed by atoms with Gasteiger partial charge in [0.2, 0.25) is 0 Å². The fourth-order valence-corrected chi connectivity index (χ4v) is 3.79. The van der Waals surface area contributed by atoms with E-state index in [2.05, 4.69) is 25.7 Å². The highest BCUT2D eigenvalue weighted by molar-refractivity contribution is 14.0. The van der Waals surface area contributed by atoms with Crippen LogP contribution in [0.2, 0.25) is 0 Å². The molecule has 1 unspecified atom stereocenters. The van der Waals surface area contributed by atoms with E-state index in [0.717, 1.165) is 68.7 Å². The highest BCUT2D eigenvalue weighted by Crippen LogP contribution is 2.24. The first-order valence-corrected chi connectivity index (χ1v) is 11.5. The van der Waals surface area contributed by atoms with Crippen LogP contribution in [-0.4, -0.2) is 59.6 Å². The molecule has 8 nitrogen and oxygen atoms in total. The average Bonchev–Trinajstić information content (AvgIpc) is 3.11. The number of aliphatic imine (C=N–C) groups is 1. The number of ether oxygens (including phenoxy) is 1. The van der Waals surface area contributed by atoms with E-state index in [0.29, 0.717) is 18.8 Å². The third-order valence-electron chi connectivity index (χ3n) is 5.73. The number of nitrogens with one attached hydrogen (secondary N) is 2. The van der Waals surface area contributed by atoms with E-state index in [-0.39, 0.29) is 35.8 Å². The Morgan fingerprint density at radius 1 is 1.30 bits per heavy atom. The summed E-state index contributed by atoms with van der Waals surface area (Å²) in [4.78, 5) is 6.87. The molecular formula is C23H37FIN7O. The van der Waals surface area contributed by atoms with E-state index >= 15 is 0 Å². The van der Waals surface area contributed by atoms with Gasteiger partial charge in [0.25, 0.3) is 0 Å². The molecule has 1 aromatic heterocycles. The quantitative estimate of drug-likeness (QED) is 0.208. The molecule has 0 radical (unpaired) electrons. The van der Waals surface area contributed by atoms with Crippen molar-refractivity contribution in [2.75, 3.05) is 37.7 Å². The van der Waals surface area contributed by atoms with Gasteiger partial charge in [-0.25, -0.2) is 9.38 Å². The van der Waals surface area contributed by atoms with Crippen LogP contribution in [0.3, 0.4) is 0 Å². The number of nitrogens with zero attached hydrogens (tertiary/aromatic N) is 5. The lowest BCUT2D eigenvalue weighted by Crippen LogP contribution is -2.51. The monoisotopic (exact) mass is 573 g/mol. The fourth-order valence-electron chi connectivity index (χ4n) is 3.79. The van der Waals surface area contributed by atoms with Crippen LogP contribution in [-0.2, 0) is 18.3 Å². The molecule has 0 amide bonds. The summed E-state index contributed by atoms with van der Waals surface area (Å²) in [6.07, 6.45) is 2.89. The van der Waals surface area contributed by atoms with Crippen LogP contribution in [0.15, 0.2) is 23.2 Å². The Bertz CT molecular complexity index is 905. The van der Waals surface area contributed by atoms with Crippen LogP contribution in [0.5, 0.6) is 0 Å². The lowest BCUT2D eigenvalue weighted by Gasteiger charge is -2.35. The van der Waals surface area contributed by atoms with Crippen molar-refractivity contribution in [2.24, 2.45) is 12.0 Å². The van der Waals surface area contributed by atoms with Gasteiger partial charge in [-0.3, -0.25) is 0 Å². The molecule has 1 aliphatic heterocycles. The van der Waals surface area contributed by atoms with E-state index in [1.807, 2.05) is 44.5 Å². The number of hydrogen-bond donors (Lipinski definition) is 2. The summed E-state index contributed by atoms with van der Waals surface area (Å²) in [6, 6.07) is 5.46. The minimum Gasteiger partial charge on any atom is -0.382 e. The molecule has 0 saturated carbocycles. The summed E-state index contributed by atoms with van der Waals surface area (Å²) in [5.74, 6) is 2.23. The Morgan fingerprint density at radius 2 is 2.12 bits per heavy atom. The molecule has 10 heteroatoms. The maximum atomic E-state index is 14.4. The zero-order chi connectivity index (χ0) is 22.9. The first-order chi connectivity index (χ1) is 15.5. The lowest BCUT2D eigenvalue weighted by atomic mass is 10.0. The summed E-state index contributed by atoms with van der Waals surface area (Å²) in [5, 5.41) is 15.3. The molecule has 1 saturated heterocycles. The van der Waals surface area contributed by atoms with E-state index in [4.69, 9.17) is 9.73 Å². The summed E-state index contributed by atoms with van der Waals surface area (Å²) >= 11 is 0. The zero-order valence-corrected chi connectivity index (χ0v) is 22.4. The molecule has 2 aromatic rings. The van der Waals surface area contributed by atoms with E-state index < -0.39 is 0 Å². The number of hydrogen-bond acceptors (Lipinski definition) is 5. The van der Waals surface area contributed by atoms with Crippen LogP contribution in [0.4, 0.5) is 10.1 Å². The van der Waals surface area contributed by atoms with E-state index in [1.165, 1.54) is 0 Å². The van der Waals surface area contributed by atoms with Crippen molar-refractivity contribution >= 4 is 35.6 Å². The van der Waals surface area contributed by atoms with Gasteiger partial charge in [-0.1, -0.05) is 6.07 Å². The number of aryl methyl sites for hydroxylation is 2. The molecule has 0 aliphatic carbocycles. The predicted octanol–water partition coefficient (Wildman–Crippen LogP) is 3.32. The Hall–Kier alpha value is -1.95. The minimum absolute atomic E-state index is 0. The lowest BCUT2D eigenvalue weighted by molar-refractivity contribution is 0.145. The van der Waals surface area contributed by atoms with Gasteiger partial charge in [-0.2, -0.15) is 0 Å². The van der Waals surface area contributed by atoms with Crippen molar-refractivity contribution < 1.29 is 9.13 Å². The maximum Gasteiger partial charge on any atom is 0.191 e. The Kier molecular flexibility index (Phi) is 11.3. The molecule has 1 aliphatic rings. The van der Waals surface area contributed by atoms with Gasteiger partial charge >= 0.3 is 0 Å². The highest BCUT2D eigenvalue weighted by Gasteiger charge is 2.23. The van der Waals surface area contributed by atoms with Crippen LogP contribution in [0.25, 0.3) is 0 Å². The number of piperidine rings is 1. The standard InChI is InChI=1S/C23H36FN7O.HI/c1-5-32-13-7-11-25-23(26-15-22-29-28-18(3)30(22)4)27-19-8-6-12-31(16-19)21-14-17(2)9-10-20(21)24;/h9-10,14,19H,5-8,11-13,15-16H2,1-4H3,(H2,25,26,27);1H. The summed E-state index contributed by atoms with van der Waals surface area (Å²) < 4.78 is 21.8. The topological polar surface area (TPSA) is 79.6 Å². The van der Waals surface area contributed by atoms with Crippen molar-refractivity contribution in [2.45, 2.75) is 52.6 Å². The predicted molar refractivity (Wildman–Crippen MR) is 141 cm³/mol. The van der Waals surface area contributed by atoms with Crippen LogP contribution >= 0.6 is 24.0 Å². The molecule has 184 valence electrons. The summed E-state index contributed by atoms with van der Waals surface area (Å²) in [5.41, 5.74) is 1.74. The first-order valence-electron chi connectivity index (χ1n) is 11.5. The van der Waals surface area contributed by atoms with Gasteiger partial charge in [0, 0.05) is 45.9 Å². The molecule has 1 atom stereocenters. The van der Waals surface area contributed by atoms with Gasteiger partial charge in [0.1, 0.15) is 18.2 Å². The summed E-state index contributed by atoms with van der Waals surface area (Å²) in [7, 11) is 1.94. The van der Waals surface area contributed by atoms with E-state index in [9.17, 15) is 4.39 Å². The molecule has 0 spiro atoms. The average molecular weight is 573 g/mol. The third-order valence-corrected chi connectivity index (χ3v) is 5.73. The number of benzene rings is 1. The number of rotatable bonds is 9. The van der Waals surface area contributed by atoms with Gasteiger partial charge in [-0.05, 0) is 57.7 Å². The number of guanidine groups is 1. The van der Waals surface area contributed by atoms with Gasteiger partial charge in [0.15, 0.2) is 11.8 Å². The number of aromatic nitrogens is 3. The molecule has 1 aromatic carbocycles. The van der Waals surface area contributed by atoms with Crippen molar-refractivity contribution in [3.05, 3.63) is 41.2 Å². The van der Waals surface area contributed by atoms with Crippen LogP contribution < -0.4 is 15.5 Å². The maximum absolute atomic E-state index is 14.4. The zero-order valence-electron chi connectivity index (χ0n) is 20.1. The molecule has 2 heterocycles. The largest absolute Gasteiger partial charge is 0.382 e. The summed E-state index contributed by atoms with van der Waals surface area (Å²) in [6.45, 7) is 10.1. The second kappa shape index (κ2) is 13.7. The molecular weight excluding hydrogens is 536 g/mol. The van der Waals surface area contributed by atoms with Gasteiger partial charge in [-0.15, -0.1) is 34.2 Å². The van der Waals surface area contributed by atoms with Crippen molar-refractivity contribution in [3.63, 3.8) is 0 Å². The molecule has 3 rings (SSSR count). The van der Waals surface area contributed by atoms with E-state index in [1.54, 1.807) is 6.07 Å². The van der Waals surface area contributed by atoms with Gasteiger partial charge < -0.3 is 24.8 Å². The highest BCUT2D eigenvalue weighted by atomic mass is 127. The first kappa shape index (κ1) is 27.3. The number of anilines is 1. The van der Waals surface area contributed by atoms with Crippen molar-refractivity contribution in [1.29, 1.82) is 0 Å².